The number of ether oxygens (including phenoxy) is 1. The van der Waals surface area contributed by atoms with E-state index in [0.717, 1.165) is 22.6 Å². The fourth-order valence-electron chi connectivity index (χ4n) is 3.98. The summed E-state index contributed by atoms with van der Waals surface area (Å²) in [7, 11) is 1.63. The number of rotatable bonds is 6. The fourth-order valence-corrected chi connectivity index (χ4v) is 3.98. The number of carbonyl (C=O) groups excluding carboxylic acids is 1. The smallest absolute Gasteiger partial charge is 0.240 e. The first-order valence-electron chi connectivity index (χ1n) is 10.7. The second-order valence-corrected chi connectivity index (χ2v) is 7.92. The van der Waals surface area contributed by atoms with Crippen molar-refractivity contribution in [2.45, 2.75) is 32.1 Å². The van der Waals surface area contributed by atoms with Crippen molar-refractivity contribution in [1.29, 1.82) is 0 Å². The molecular formula is C26H27FN2O3. The van der Waals surface area contributed by atoms with Crippen LogP contribution in [0.2, 0.25) is 0 Å². The molecule has 1 aromatic heterocycles. The van der Waals surface area contributed by atoms with Crippen molar-refractivity contribution in [2.75, 3.05) is 13.7 Å². The normalized spacial score (nSPS) is 20.6. The van der Waals surface area contributed by atoms with Crippen LogP contribution in [0, 0.1) is 5.82 Å². The third-order valence-electron chi connectivity index (χ3n) is 5.84. The van der Waals surface area contributed by atoms with E-state index >= 15 is 0 Å². The topological polar surface area (TPSA) is 45.9 Å². The van der Waals surface area contributed by atoms with Crippen LogP contribution >= 0.6 is 0 Å². The maximum Gasteiger partial charge on any atom is 0.240 e. The minimum absolute atomic E-state index is 0.00560. The van der Waals surface area contributed by atoms with Crippen molar-refractivity contribution in [3.63, 3.8) is 0 Å². The highest BCUT2D eigenvalue weighted by atomic mass is 19.1. The fraction of sp³-hybridized carbons (Fsp3) is 0.269. The molecule has 0 aliphatic carbocycles. The van der Waals surface area contributed by atoms with E-state index in [4.69, 9.17) is 9.15 Å². The molecule has 2 aromatic carbocycles. The van der Waals surface area contributed by atoms with Crippen LogP contribution in [0.25, 0.3) is 0 Å². The van der Waals surface area contributed by atoms with Gasteiger partial charge in [-0.05, 0) is 54.4 Å². The van der Waals surface area contributed by atoms with Crippen molar-refractivity contribution < 1.29 is 18.3 Å². The Morgan fingerprint density at radius 2 is 1.81 bits per heavy atom. The van der Waals surface area contributed by atoms with Crippen LogP contribution in [0.1, 0.15) is 29.9 Å². The molecule has 0 spiro atoms. The Labute approximate surface area is 187 Å². The van der Waals surface area contributed by atoms with Gasteiger partial charge in [0.05, 0.1) is 32.0 Å². The molecule has 0 saturated carbocycles. The van der Waals surface area contributed by atoms with Crippen molar-refractivity contribution >= 4 is 5.91 Å². The summed E-state index contributed by atoms with van der Waals surface area (Å²) in [5.74, 6) is 1.29. The van der Waals surface area contributed by atoms with Crippen LogP contribution in [0.15, 0.2) is 83.5 Å². The molecule has 0 bridgehead atoms. The zero-order valence-corrected chi connectivity index (χ0v) is 18.3. The van der Waals surface area contributed by atoms with Gasteiger partial charge in [0.2, 0.25) is 5.91 Å². The first kappa shape index (κ1) is 21.8. The van der Waals surface area contributed by atoms with Gasteiger partial charge in [-0.25, -0.2) is 4.39 Å². The highest BCUT2D eigenvalue weighted by molar-refractivity contribution is 5.82. The van der Waals surface area contributed by atoms with Gasteiger partial charge in [-0.2, -0.15) is 0 Å². The summed E-state index contributed by atoms with van der Waals surface area (Å²) in [4.78, 5) is 17.7. The minimum Gasteiger partial charge on any atom is -0.497 e. The quantitative estimate of drug-likeness (QED) is 0.515. The van der Waals surface area contributed by atoms with E-state index < -0.39 is 0 Å². The molecule has 5 nitrogen and oxygen atoms in total. The van der Waals surface area contributed by atoms with Crippen LogP contribution in [0.4, 0.5) is 4.39 Å². The average molecular weight is 435 g/mol. The number of hydrogen-bond acceptors (Lipinski definition) is 4. The standard InChI is InChI=1S/C26H27FN2O3/c1-19-26(30)29(17-20-7-11-22(27)12-8-20)25(21-9-13-23(31-2)14-10-21)6-3-15-28(19)18-24-5-4-16-32-24/h3-14,16,19,25H,15,17-18H2,1-2H3/b6-3-/t19-,25?/m0/s1. The SMILES string of the molecule is COc1ccc(C2/C=C\CN(Cc3ccco3)[C@@H](C)C(=O)N2Cc2ccc(F)cc2)cc1. The molecular weight excluding hydrogens is 407 g/mol. The van der Waals surface area contributed by atoms with Gasteiger partial charge in [0.25, 0.3) is 0 Å². The first-order valence-corrected chi connectivity index (χ1v) is 10.7. The largest absolute Gasteiger partial charge is 0.497 e. The molecule has 3 aromatic rings. The van der Waals surface area contributed by atoms with Gasteiger partial charge >= 0.3 is 0 Å². The molecule has 1 unspecified atom stereocenters. The molecule has 0 fully saturated rings. The van der Waals surface area contributed by atoms with Gasteiger partial charge in [0.1, 0.15) is 17.3 Å². The lowest BCUT2D eigenvalue weighted by molar-refractivity contribution is -0.139. The van der Waals surface area contributed by atoms with Crippen LogP contribution in [0.5, 0.6) is 5.75 Å². The third-order valence-corrected chi connectivity index (χ3v) is 5.84. The monoisotopic (exact) mass is 434 g/mol. The molecule has 1 aliphatic heterocycles. The number of methoxy groups -OCH3 is 1. The molecule has 166 valence electrons. The Morgan fingerprint density at radius 1 is 1.06 bits per heavy atom. The maximum absolute atomic E-state index is 13.7. The number of furan rings is 1. The number of amides is 1. The highest BCUT2D eigenvalue weighted by Gasteiger charge is 2.32. The second kappa shape index (κ2) is 9.83. The van der Waals surface area contributed by atoms with Crippen molar-refractivity contribution in [2.24, 2.45) is 0 Å². The van der Waals surface area contributed by atoms with Crippen molar-refractivity contribution in [1.82, 2.24) is 9.80 Å². The molecule has 4 rings (SSSR count). The lowest BCUT2D eigenvalue weighted by Crippen LogP contribution is -2.48. The number of nitrogens with zero attached hydrogens (tertiary/aromatic N) is 2. The summed E-state index contributed by atoms with van der Waals surface area (Å²) < 4.78 is 24.2. The zero-order valence-electron chi connectivity index (χ0n) is 18.3. The Bertz CT molecular complexity index is 1050. The summed E-state index contributed by atoms with van der Waals surface area (Å²) in [6.07, 6.45) is 5.80. The van der Waals surface area contributed by atoms with E-state index in [1.165, 1.54) is 12.1 Å². The van der Waals surface area contributed by atoms with E-state index in [1.807, 2.05) is 48.2 Å². The molecule has 1 amide bonds. The number of halogens is 1. The van der Waals surface area contributed by atoms with E-state index in [0.29, 0.717) is 19.6 Å². The van der Waals surface area contributed by atoms with Gasteiger partial charge in [-0.3, -0.25) is 9.69 Å². The van der Waals surface area contributed by atoms with Gasteiger partial charge in [0.15, 0.2) is 0 Å². The summed E-state index contributed by atoms with van der Waals surface area (Å²) in [6, 6.07) is 17.2. The van der Waals surface area contributed by atoms with Gasteiger partial charge in [0, 0.05) is 13.1 Å². The van der Waals surface area contributed by atoms with Crippen LogP contribution in [-0.2, 0) is 17.9 Å². The molecule has 0 saturated heterocycles. The van der Waals surface area contributed by atoms with E-state index in [-0.39, 0.29) is 23.8 Å². The maximum atomic E-state index is 13.7. The Morgan fingerprint density at radius 3 is 2.47 bits per heavy atom. The van der Waals surface area contributed by atoms with Crippen LogP contribution in [0.3, 0.4) is 0 Å². The Hall–Kier alpha value is -3.38. The molecule has 6 heteroatoms. The summed E-state index contributed by atoms with van der Waals surface area (Å²) >= 11 is 0. The average Bonchev–Trinajstić information content (AvgIpc) is 3.33. The Kier molecular flexibility index (Phi) is 6.71. The minimum atomic E-state index is -0.355. The predicted octanol–water partition coefficient (Wildman–Crippen LogP) is 4.96. The van der Waals surface area contributed by atoms with Crippen molar-refractivity contribution in [3.8, 4) is 5.75 Å². The van der Waals surface area contributed by atoms with Crippen LogP contribution < -0.4 is 4.74 Å². The highest BCUT2D eigenvalue weighted by Crippen LogP contribution is 2.29. The number of carbonyl (C=O) groups is 1. The van der Waals surface area contributed by atoms with Gasteiger partial charge in [-0.1, -0.05) is 36.4 Å². The number of benzene rings is 2. The Balaban J connectivity index is 1.67. The molecule has 1 aliphatic rings. The van der Waals surface area contributed by atoms with Crippen LogP contribution in [-0.4, -0.2) is 35.4 Å². The first-order chi connectivity index (χ1) is 15.5. The van der Waals surface area contributed by atoms with Crippen molar-refractivity contribution in [3.05, 3.63) is 102 Å². The lowest BCUT2D eigenvalue weighted by Gasteiger charge is -2.38. The van der Waals surface area contributed by atoms with E-state index in [9.17, 15) is 9.18 Å². The lowest BCUT2D eigenvalue weighted by atomic mass is 10.0. The third kappa shape index (κ3) is 4.92. The molecule has 0 radical (unpaired) electrons. The zero-order chi connectivity index (χ0) is 22.5. The van der Waals surface area contributed by atoms with Gasteiger partial charge in [-0.15, -0.1) is 0 Å². The summed E-state index contributed by atoms with van der Waals surface area (Å²) in [5, 5.41) is 0. The molecule has 0 N–H and O–H groups in total. The predicted molar refractivity (Wildman–Crippen MR) is 120 cm³/mol. The summed E-state index contributed by atoms with van der Waals surface area (Å²) in [6.45, 7) is 3.47. The van der Waals surface area contributed by atoms with Gasteiger partial charge < -0.3 is 14.1 Å². The molecule has 2 heterocycles. The summed E-state index contributed by atoms with van der Waals surface area (Å²) in [5.41, 5.74) is 1.86. The molecule has 2 atom stereocenters. The molecule has 32 heavy (non-hydrogen) atoms. The number of hydrogen-bond donors (Lipinski definition) is 0. The van der Waals surface area contributed by atoms with E-state index in [2.05, 4.69) is 17.1 Å². The second-order valence-electron chi connectivity index (χ2n) is 7.92. The van der Waals surface area contributed by atoms with E-state index in [1.54, 1.807) is 25.5 Å².